The number of phenols is 1. The molecule has 7 nitrogen and oxygen atoms in total. The lowest BCUT2D eigenvalue weighted by atomic mass is 9.78. The van der Waals surface area contributed by atoms with E-state index in [1.165, 1.54) is 7.11 Å². The van der Waals surface area contributed by atoms with Gasteiger partial charge in [-0.1, -0.05) is 71.9 Å². The molecule has 0 atom stereocenters. The second-order valence-corrected chi connectivity index (χ2v) is 12.3. The number of ketones is 1. The van der Waals surface area contributed by atoms with Crippen LogP contribution in [0.4, 0.5) is 5.69 Å². The molecule has 0 unspecified atom stereocenters. The van der Waals surface area contributed by atoms with Crippen molar-refractivity contribution >= 4 is 17.4 Å². The molecule has 0 saturated carbocycles. The number of imidazole rings is 1. The van der Waals surface area contributed by atoms with Gasteiger partial charge in [-0.25, -0.2) is 9.79 Å². The molecular weight excluding hydrogens is 514 g/mol. The van der Waals surface area contributed by atoms with E-state index in [0.29, 0.717) is 29.0 Å². The van der Waals surface area contributed by atoms with Crippen LogP contribution in [0.3, 0.4) is 0 Å². The van der Waals surface area contributed by atoms with Crippen molar-refractivity contribution in [2.75, 3.05) is 7.11 Å². The van der Waals surface area contributed by atoms with Crippen molar-refractivity contribution in [1.82, 2.24) is 9.13 Å². The molecule has 4 rings (SSSR count). The van der Waals surface area contributed by atoms with Crippen LogP contribution in [0.25, 0.3) is 0 Å². The Balaban J connectivity index is 1.78. The van der Waals surface area contributed by atoms with E-state index in [2.05, 4.69) is 0 Å². The number of aromatic hydroxyl groups is 1. The molecule has 0 aliphatic carbocycles. The average molecular weight is 554 g/mol. The Hall–Kier alpha value is -4.39. The molecule has 0 amide bonds. The summed E-state index contributed by atoms with van der Waals surface area (Å²) in [7, 11) is 1.35. The molecule has 4 aromatic rings. The third-order valence-corrected chi connectivity index (χ3v) is 7.02. The minimum absolute atomic E-state index is 0.0683. The molecule has 7 heteroatoms. The number of carbonyl (C=O) groups excluding carboxylic acids is 2. The fourth-order valence-electron chi connectivity index (χ4n) is 4.70. The highest BCUT2D eigenvalue weighted by Crippen LogP contribution is 2.39. The number of ether oxygens (including phenoxy) is 1. The van der Waals surface area contributed by atoms with Crippen molar-refractivity contribution in [2.24, 2.45) is 4.99 Å². The molecule has 3 aromatic carbocycles. The number of nitrogens with zero attached hydrogens (tertiary/aromatic N) is 3. The summed E-state index contributed by atoms with van der Waals surface area (Å²) in [6.45, 7) is 12.8. The number of benzene rings is 3. The fourth-order valence-corrected chi connectivity index (χ4v) is 4.70. The number of Topliss-reactive ketones (excluding diaryl/α,β-unsaturated/α-hetero) is 1. The zero-order valence-electron chi connectivity index (χ0n) is 24.9. The monoisotopic (exact) mass is 553 g/mol. The second-order valence-electron chi connectivity index (χ2n) is 12.3. The van der Waals surface area contributed by atoms with E-state index in [-0.39, 0.29) is 28.9 Å². The molecule has 0 saturated heterocycles. The number of rotatable bonds is 7. The maximum Gasteiger partial charge on any atom is 0.337 e. The van der Waals surface area contributed by atoms with E-state index in [4.69, 9.17) is 9.73 Å². The van der Waals surface area contributed by atoms with Crippen LogP contribution in [-0.4, -0.2) is 33.1 Å². The summed E-state index contributed by atoms with van der Waals surface area (Å²) in [5, 5.41) is 11.1. The summed E-state index contributed by atoms with van der Waals surface area (Å²) in [6, 6.07) is 20.5. The Bertz CT molecular complexity index is 1580. The van der Waals surface area contributed by atoms with Gasteiger partial charge in [-0.05, 0) is 52.8 Å². The van der Waals surface area contributed by atoms with Crippen LogP contribution >= 0.6 is 0 Å². The first-order valence-corrected chi connectivity index (χ1v) is 13.7. The zero-order valence-corrected chi connectivity index (χ0v) is 24.9. The van der Waals surface area contributed by atoms with Crippen LogP contribution < -0.4 is 5.62 Å². The number of aromatic nitrogens is 2. The summed E-state index contributed by atoms with van der Waals surface area (Å²) in [6.07, 6.45) is 3.78. The quantitative estimate of drug-likeness (QED) is 0.208. The molecular formula is C34H39N3O4. The maximum absolute atomic E-state index is 13.8. The van der Waals surface area contributed by atoms with Gasteiger partial charge in [0.2, 0.25) is 5.62 Å². The highest BCUT2D eigenvalue weighted by atomic mass is 16.5. The zero-order chi connectivity index (χ0) is 29.9. The lowest BCUT2D eigenvalue weighted by Gasteiger charge is -2.28. The fraction of sp³-hybridized carbons (Fsp3) is 0.324. The number of carbonyl (C=O) groups is 2. The van der Waals surface area contributed by atoms with Crippen LogP contribution in [0.2, 0.25) is 0 Å². The average Bonchev–Trinajstić information content (AvgIpc) is 3.28. The Morgan fingerprint density at radius 3 is 1.90 bits per heavy atom. The summed E-state index contributed by atoms with van der Waals surface area (Å²) in [5.74, 6) is -0.252. The normalized spacial score (nSPS) is 12.4. The SMILES string of the molecule is COC(=O)c1ccc(/N=c2\n(CC(=O)c3cc(C(C)(C)C)c(O)c(C(C)(C)C)c3)ccn2Cc2ccccc2)cc1. The van der Waals surface area contributed by atoms with Gasteiger partial charge in [-0.2, -0.15) is 0 Å². The number of phenolic OH excluding ortho intramolecular Hbond substituents is 1. The molecule has 0 spiro atoms. The third kappa shape index (κ3) is 6.85. The van der Waals surface area contributed by atoms with Crippen molar-refractivity contribution in [2.45, 2.75) is 65.5 Å². The summed E-state index contributed by atoms with van der Waals surface area (Å²) in [4.78, 5) is 30.6. The number of hydrogen-bond donors (Lipinski definition) is 1. The van der Waals surface area contributed by atoms with E-state index in [0.717, 1.165) is 16.7 Å². The van der Waals surface area contributed by atoms with Crippen molar-refractivity contribution in [3.8, 4) is 5.75 Å². The highest BCUT2D eigenvalue weighted by molar-refractivity contribution is 5.96. The van der Waals surface area contributed by atoms with Crippen LogP contribution in [0.1, 0.15) is 78.9 Å². The molecule has 1 aromatic heterocycles. The molecule has 0 aliphatic heterocycles. The Morgan fingerprint density at radius 1 is 0.805 bits per heavy atom. The van der Waals surface area contributed by atoms with Crippen LogP contribution in [0.15, 0.2) is 84.1 Å². The van der Waals surface area contributed by atoms with Gasteiger partial charge in [0, 0.05) is 29.1 Å². The maximum atomic E-state index is 13.8. The number of hydrogen-bond acceptors (Lipinski definition) is 5. The van der Waals surface area contributed by atoms with Crippen molar-refractivity contribution in [1.29, 1.82) is 0 Å². The summed E-state index contributed by atoms with van der Waals surface area (Å²) in [5.41, 5.74) is 4.13. The molecule has 0 radical (unpaired) electrons. The van der Waals surface area contributed by atoms with Gasteiger partial charge < -0.3 is 19.0 Å². The van der Waals surface area contributed by atoms with Gasteiger partial charge in [0.25, 0.3) is 0 Å². The lowest BCUT2D eigenvalue weighted by molar-refractivity contribution is 0.0600. The molecule has 1 N–H and O–H groups in total. The molecule has 0 aliphatic rings. The highest BCUT2D eigenvalue weighted by Gasteiger charge is 2.28. The van der Waals surface area contributed by atoms with Gasteiger partial charge in [0.15, 0.2) is 5.78 Å². The van der Waals surface area contributed by atoms with Gasteiger partial charge in [-0.3, -0.25) is 4.79 Å². The Morgan fingerprint density at radius 2 is 1.37 bits per heavy atom. The largest absolute Gasteiger partial charge is 0.507 e. The van der Waals surface area contributed by atoms with Gasteiger partial charge in [0.05, 0.1) is 31.5 Å². The van der Waals surface area contributed by atoms with E-state index < -0.39 is 5.97 Å². The number of methoxy groups -OCH3 is 1. The molecule has 41 heavy (non-hydrogen) atoms. The standard InChI is InChI=1S/C34H39N3O4/c1-33(2,3)27-19-25(20-28(30(27)39)34(4,5)6)29(38)22-37-18-17-36(21-23-11-9-8-10-12-23)32(37)35-26-15-13-24(14-16-26)31(40)41-7/h8-20,39H,21-22H2,1-7H3/b35-32-. The van der Waals surface area contributed by atoms with Gasteiger partial charge in [0.1, 0.15) is 5.75 Å². The van der Waals surface area contributed by atoms with E-state index in [1.54, 1.807) is 24.3 Å². The summed E-state index contributed by atoms with van der Waals surface area (Å²) < 4.78 is 8.64. The molecule has 0 fully saturated rings. The topological polar surface area (TPSA) is 85.8 Å². The molecule has 214 valence electrons. The first-order valence-electron chi connectivity index (χ1n) is 13.7. The number of esters is 1. The molecule has 1 heterocycles. The minimum atomic E-state index is -0.414. The van der Waals surface area contributed by atoms with Gasteiger partial charge >= 0.3 is 5.97 Å². The van der Waals surface area contributed by atoms with Crippen molar-refractivity contribution in [3.63, 3.8) is 0 Å². The van der Waals surface area contributed by atoms with E-state index in [1.807, 2.05) is 106 Å². The Kier molecular flexibility index (Phi) is 8.38. The Labute approximate surface area is 241 Å². The van der Waals surface area contributed by atoms with E-state index in [9.17, 15) is 14.7 Å². The smallest absolute Gasteiger partial charge is 0.337 e. The van der Waals surface area contributed by atoms with Gasteiger partial charge in [-0.15, -0.1) is 0 Å². The first-order chi connectivity index (χ1) is 19.3. The van der Waals surface area contributed by atoms with Crippen molar-refractivity contribution in [3.05, 3.63) is 113 Å². The van der Waals surface area contributed by atoms with E-state index >= 15 is 0 Å². The first kappa shape index (κ1) is 29.6. The van der Waals surface area contributed by atoms with Crippen LogP contribution in [0.5, 0.6) is 5.75 Å². The summed E-state index contributed by atoms with van der Waals surface area (Å²) >= 11 is 0. The minimum Gasteiger partial charge on any atom is -0.507 e. The molecule has 0 bridgehead atoms. The predicted octanol–water partition coefficient (Wildman–Crippen LogP) is 6.54. The van der Waals surface area contributed by atoms with Crippen LogP contribution in [0, 0.1) is 0 Å². The third-order valence-electron chi connectivity index (χ3n) is 7.02. The van der Waals surface area contributed by atoms with Crippen molar-refractivity contribution < 1.29 is 19.4 Å². The van der Waals surface area contributed by atoms with Crippen LogP contribution in [-0.2, 0) is 28.7 Å². The second kappa shape index (κ2) is 11.6. The lowest BCUT2D eigenvalue weighted by Crippen LogP contribution is -2.29. The predicted molar refractivity (Wildman–Crippen MR) is 161 cm³/mol.